The Morgan fingerprint density at radius 1 is 1.38 bits per heavy atom. The highest BCUT2D eigenvalue weighted by Crippen LogP contribution is 2.22. The molecule has 0 saturated carbocycles. The Bertz CT molecular complexity index is 259. The molecule has 3 nitrogen and oxygen atoms in total. The van der Waals surface area contributed by atoms with Gasteiger partial charge in [-0.25, -0.2) is 0 Å². The number of ether oxygens (including phenoxy) is 1. The van der Waals surface area contributed by atoms with Crippen LogP contribution in [0.1, 0.15) is 6.92 Å². The summed E-state index contributed by atoms with van der Waals surface area (Å²) in [5.74, 6) is 0.404. The summed E-state index contributed by atoms with van der Waals surface area (Å²) < 4.78 is 4.93. The van der Waals surface area contributed by atoms with E-state index in [0.29, 0.717) is 5.75 Å². The molecule has 0 bridgehead atoms. The summed E-state index contributed by atoms with van der Waals surface area (Å²) in [6, 6.07) is 8.56. The molecule has 1 aromatic carbocycles. The van der Waals surface area contributed by atoms with E-state index in [1.54, 1.807) is 24.3 Å². The molecule has 0 aliphatic rings. The summed E-state index contributed by atoms with van der Waals surface area (Å²) in [4.78, 5) is 0. The predicted molar refractivity (Wildman–Crippen MR) is 49.6 cm³/mol. The Kier molecular flexibility index (Phi) is 3.14. The first-order chi connectivity index (χ1) is 6.02. The van der Waals surface area contributed by atoms with E-state index in [1.165, 1.54) is 6.92 Å². The highest BCUT2D eigenvalue weighted by molar-refractivity contribution is 6.22. The van der Waals surface area contributed by atoms with E-state index in [-0.39, 0.29) is 0 Å². The van der Waals surface area contributed by atoms with Crippen LogP contribution in [0, 0.1) is 0 Å². The average Bonchev–Trinajstić information content (AvgIpc) is 2.05. The van der Waals surface area contributed by atoms with Gasteiger partial charge in [0.15, 0.2) is 0 Å². The Labute approximate surface area is 81.5 Å². The minimum absolute atomic E-state index is 0.404. The Hall–Kier alpha value is -0.770. The minimum atomic E-state index is -2.07. The molecule has 2 atom stereocenters. The van der Waals surface area contributed by atoms with Gasteiger partial charge in [-0.1, -0.05) is 18.2 Å². The molecule has 2 unspecified atom stereocenters. The van der Waals surface area contributed by atoms with Crippen LogP contribution >= 0.6 is 11.6 Å². The SMILES string of the molecule is CC(O)C(O)(Cl)Oc1ccccc1. The topological polar surface area (TPSA) is 49.7 Å². The van der Waals surface area contributed by atoms with Crippen molar-refractivity contribution < 1.29 is 14.9 Å². The van der Waals surface area contributed by atoms with Crippen LogP contribution in [0.3, 0.4) is 0 Å². The molecular formula is C9H11ClO3. The van der Waals surface area contributed by atoms with E-state index in [1.807, 2.05) is 6.07 Å². The lowest BCUT2D eigenvalue weighted by atomic mass is 10.3. The van der Waals surface area contributed by atoms with Crippen molar-refractivity contribution in [2.24, 2.45) is 0 Å². The van der Waals surface area contributed by atoms with Gasteiger partial charge in [0, 0.05) is 0 Å². The van der Waals surface area contributed by atoms with Crippen LogP contribution in [-0.4, -0.2) is 21.6 Å². The van der Waals surface area contributed by atoms with Gasteiger partial charge in [0.1, 0.15) is 11.9 Å². The van der Waals surface area contributed by atoms with E-state index >= 15 is 0 Å². The summed E-state index contributed by atoms with van der Waals surface area (Å²) in [5, 5.41) is 16.3. The van der Waals surface area contributed by atoms with Crippen LogP contribution in [-0.2, 0) is 0 Å². The fourth-order valence-corrected chi connectivity index (χ4v) is 0.828. The van der Waals surface area contributed by atoms with Crippen molar-refractivity contribution in [1.29, 1.82) is 0 Å². The van der Waals surface area contributed by atoms with Crippen molar-refractivity contribution in [2.75, 3.05) is 0 Å². The van der Waals surface area contributed by atoms with Crippen LogP contribution in [0.25, 0.3) is 0 Å². The third-order valence-electron chi connectivity index (χ3n) is 1.52. The Balaban J connectivity index is 2.69. The number of hydrogen-bond acceptors (Lipinski definition) is 3. The Morgan fingerprint density at radius 2 is 1.92 bits per heavy atom. The maximum Gasteiger partial charge on any atom is 0.314 e. The quantitative estimate of drug-likeness (QED) is 0.575. The van der Waals surface area contributed by atoms with E-state index in [0.717, 1.165) is 0 Å². The van der Waals surface area contributed by atoms with Crippen LogP contribution in [0.4, 0.5) is 0 Å². The first kappa shape index (κ1) is 10.3. The number of para-hydroxylation sites is 1. The van der Waals surface area contributed by atoms with E-state index in [9.17, 15) is 5.11 Å². The number of aliphatic hydroxyl groups excluding tert-OH is 1. The highest BCUT2D eigenvalue weighted by Gasteiger charge is 2.32. The van der Waals surface area contributed by atoms with E-state index < -0.39 is 11.4 Å². The summed E-state index contributed by atoms with van der Waals surface area (Å²) in [6.07, 6.45) is -1.17. The molecule has 1 aromatic rings. The largest absolute Gasteiger partial charge is 0.446 e. The molecule has 0 saturated heterocycles. The van der Waals surface area contributed by atoms with Gasteiger partial charge in [-0.3, -0.25) is 0 Å². The zero-order valence-corrected chi connectivity index (χ0v) is 7.90. The molecule has 0 spiro atoms. The van der Waals surface area contributed by atoms with Gasteiger partial charge in [-0.05, 0) is 30.7 Å². The van der Waals surface area contributed by atoms with Crippen molar-refractivity contribution in [3.63, 3.8) is 0 Å². The lowest BCUT2D eigenvalue weighted by molar-refractivity contribution is -0.134. The predicted octanol–water partition coefficient (Wildman–Crippen LogP) is 1.33. The maximum absolute atomic E-state index is 9.34. The normalized spacial score (nSPS) is 17.5. The molecule has 1 rings (SSSR count). The molecule has 0 radical (unpaired) electrons. The molecule has 72 valence electrons. The second-order valence-electron chi connectivity index (χ2n) is 2.70. The number of halogens is 1. The van der Waals surface area contributed by atoms with Gasteiger partial charge in [-0.2, -0.15) is 0 Å². The van der Waals surface area contributed by atoms with Gasteiger partial charge in [-0.15, -0.1) is 0 Å². The number of benzene rings is 1. The molecule has 0 aromatic heterocycles. The second kappa shape index (κ2) is 3.96. The fourth-order valence-electron chi connectivity index (χ4n) is 0.739. The van der Waals surface area contributed by atoms with E-state index in [2.05, 4.69) is 0 Å². The standard InChI is InChI=1S/C9H11ClO3/c1-7(11)9(10,12)13-8-5-3-2-4-6-8/h2-7,11-12H,1H3. The van der Waals surface area contributed by atoms with Gasteiger partial charge >= 0.3 is 5.25 Å². The zero-order valence-electron chi connectivity index (χ0n) is 7.14. The lowest BCUT2D eigenvalue weighted by Crippen LogP contribution is -2.40. The molecule has 0 fully saturated rings. The summed E-state index contributed by atoms with van der Waals surface area (Å²) in [5.41, 5.74) is 0. The van der Waals surface area contributed by atoms with Crippen molar-refractivity contribution >= 4 is 11.6 Å². The first-order valence-electron chi connectivity index (χ1n) is 3.86. The van der Waals surface area contributed by atoms with Crippen molar-refractivity contribution in [3.05, 3.63) is 30.3 Å². The molecule has 2 N–H and O–H groups in total. The smallest absolute Gasteiger partial charge is 0.314 e. The number of rotatable bonds is 3. The molecular weight excluding hydrogens is 192 g/mol. The second-order valence-corrected chi connectivity index (χ2v) is 3.24. The summed E-state index contributed by atoms with van der Waals surface area (Å²) in [6.45, 7) is 1.34. The van der Waals surface area contributed by atoms with Crippen LogP contribution in [0.5, 0.6) is 5.75 Å². The van der Waals surface area contributed by atoms with Crippen molar-refractivity contribution in [3.8, 4) is 5.75 Å². The maximum atomic E-state index is 9.34. The molecule has 0 aliphatic heterocycles. The molecule has 0 heterocycles. The summed E-state index contributed by atoms with van der Waals surface area (Å²) in [7, 11) is 0. The zero-order chi connectivity index (χ0) is 9.90. The summed E-state index contributed by atoms with van der Waals surface area (Å²) >= 11 is 5.49. The fraction of sp³-hybridized carbons (Fsp3) is 0.333. The number of aliphatic hydroxyl groups is 2. The minimum Gasteiger partial charge on any atom is -0.446 e. The van der Waals surface area contributed by atoms with Crippen molar-refractivity contribution in [2.45, 2.75) is 18.3 Å². The molecule has 13 heavy (non-hydrogen) atoms. The number of alkyl halides is 1. The van der Waals surface area contributed by atoms with Gasteiger partial charge < -0.3 is 14.9 Å². The molecule has 4 heteroatoms. The van der Waals surface area contributed by atoms with Crippen LogP contribution in [0.15, 0.2) is 30.3 Å². The molecule has 0 aliphatic carbocycles. The van der Waals surface area contributed by atoms with Crippen LogP contribution < -0.4 is 4.74 Å². The third-order valence-corrected chi connectivity index (χ3v) is 1.91. The monoisotopic (exact) mass is 202 g/mol. The van der Waals surface area contributed by atoms with Crippen molar-refractivity contribution in [1.82, 2.24) is 0 Å². The highest BCUT2D eigenvalue weighted by atomic mass is 35.5. The molecule has 0 amide bonds. The average molecular weight is 203 g/mol. The van der Waals surface area contributed by atoms with Gasteiger partial charge in [0.25, 0.3) is 0 Å². The first-order valence-corrected chi connectivity index (χ1v) is 4.23. The Morgan fingerprint density at radius 3 is 2.38 bits per heavy atom. The van der Waals surface area contributed by atoms with Crippen LogP contribution in [0.2, 0.25) is 0 Å². The number of hydrogen-bond donors (Lipinski definition) is 2. The van der Waals surface area contributed by atoms with E-state index in [4.69, 9.17) is 21.4 Å². The third kappa shape index (κ3) is 2.88. The lowest BCUT2D eigenvalue weighted by Gasteiger charge is -2.24. The van der Waals surface area contributed by atoms with Gasteiger partial charge in [0.05, 0.1) is 0 Å². The van der Waals surface area contributed by atoms with Gasteiger partial charge in [0.2, 0.25) is 0 Å².